The van der Waals surface area contributed by atoms with Gasteiger partial charge >= 0.3 is 12.1 Å². The number of likely N-dealkylation sites (tertiary alicyclic amines) is 1. The van der Waals surface area contributed by atoms with Crippen LogP contribution in [0.5, 0.6) is 0 Å². The van der Waals surface area contributed by atoms with Crippen LogP contribution in [0.2, 0.25) is 0 Å². The summed E-state index contributed by atoms with van der Waals surface area (Å²) in [5.74, 6) is -2.20. The molecule has 11 heteroatoms. The lowest BCUT2D eigenvalue weighted by molar-refractivity contribution is -0.192. The number of pyridine rings is 1. The van der Waals surface area contributed by atoms with Crippen molar-refractivity contribution in [3.63, 3.8) is 0 Å². The molecule has 2 aromatic heterocycles. The number of hydrogen-bond donors (Lipinski definition) is 1. The van der Waals surface area contributed by atoms with E-state index < -0.39 is 12.1 Å². The van der Waals surface area contributed by atoms with Gasteiger partial charge in [0.05, 0.1) is 42.8 Å². The molecule has 4 heterocycles. The lowest BCUT2D eigenvalue weighted by Gasteiger charge is -2.27. The van der Waals surface area contributed by atoms with E-state index in [1.807, 2.05) is 19.2 Å². The van der Waals surface area contributed by atoms with Crippen molar-refractivity contribution in [3.8, 4) is 0 Å². The van der Waals surface area contributed by atoms with Gasteiger partial charge in [0.25, 0.3) is 0 Å². The largest absolute Gasteiger partial charge is 0.490 e. The molecule has 2 saturated heterocycles. The van der Waals surface area contributed by atoms with E-state index in [-0.39, 0.29) is 5.41 Å². The van der Waals surface area contributed by atoms with Gasteiger partial charge in [-0.1, -0.05) is 6.07 Å². The summed E-state index contributed by atoms with van der Waals surface area (Å²) < 4.78 is 43.6. The van der Waals surface area contributed by atoms with Crippen LogP contribution in [0.15, 0.2) is 29.8 Å². The molecule has 0 amide bonds. The Morgan fingerprint density at radius 2 is 2.19 bits per heavy atom. The topological polar surface area (TPSA) is 84.8 Å². The second kappa shape index (κ2) is 10.0. The van der Waals surface area contributed by atoms with Gasteiger partial charge in [0.15, 0.2) is 0 Å². The lowest BCUT2D eigenvalue weighted by Crippen LogP contribution is -2.35. The number of rotatable bonds is 6. The van der Waals surface area contributed by atoms with Gasteiger partial charge < -0.3 is 14.6 Å². The first-order valence-electron chi connectivity index (χ1n) is 9.67. The fourth-order valence-electron chi connectivity index (χ4n) is 3.82. The molecular formula is C20H24F3N3O4S. The second-order valence-electron chi connectivity index (χ2n) is 7.72. The van der Waals surface area contributed by atoms with E-state index in [9.17, 15) is 13.2 Å². The molecule has 2 fully saturated rings. The molecule has 170 valence electrons. The van der Waals surface area contributed by atoms with Crippen molar-refractivity contribution < 1.29 is 32.5 Å². The number of aromatic nitrogens is 2. The average Bonchev–Trinajstić information content (AvgIpc) is 3.36. The van der Waals surface area contributed by atoms with E-state index in [1.54, 1.807) is 11.3 Å². The number of ether oxygens (including phenoxy) is 2. The number of fused-ring (bicyclic) bond motifs is 1. The summed E-state index contributed by atoms with van der Waals surface area (Å²) in [6.45, 7) is 8.00. The van der Waals surface area contributed by atoms with E-state index in [1.165, 1.54) is 0 Å². The van der Waals surface area contributed by atoms with Gasteiger partial charge in [0.2, 0.25) is 0 Å². The minimum Gasteiger partial charge on any atom is -0.475 e. The average molecular weight is 459 g/mol. The summed E-state index contributed by atoms with van der Waals surface area (Å²) in [5, 5.41) is 10.3. The zero-order valence-corrected chi connectivity index (χ0v) is 17.8. The number of aryl methyl sites for hydroxylation is 1. The third-order valence-corrected chi connectivity index (χ3v) is 6.07. The molecule has 2 aromatic rings. The number of carbonyl (C=O) groups is 1. The van der Waals surface area contributed by atoms with Gasteiger partial charge in [-0.2, -0.15) is 13.2 Å². The Balaban J connectivity index is 0.000000339. The third kappa shape index (κ3) is 6.45. The van der Waals surface area contributed by atoms with Crippen LogP contribution in [0.4, 0.5) is 13.2 Å². The van der Waals surface area contributed by atoms with Crippen LogP contribution in [0, 0.1) is 18.3 Å². The molecule has 2 aliphatic rings. The van der Waals surface area contributed by atoms with Gasteiger partial charge in [0.1, 0.15) is 0 Å². The third-order valence-electron chi connectivity index (χ3n) is 5.25. The maximum atomic E-state index is 10.6. The molecule has 0 radical (unpaired) electrons. The summed E-state index contributed by atoms with van der Waals surface area (Å²) in [4.78, 5) is 20.3. The van der Waals surface area contributed by atoms with Crippen molar-refractivity contribution in [2.45, 2.75) is 26.3 Å². The van der Waals surface area contributed by atoms with Crippen LogP contribution in [0.3, 0.4) is 0 Å². The quantitative estimate of drug-likeness (QED) is 0.710. The van der Waals surface area contributed by atoms with Crippen LogP contribution in [0.25, 0.3) is 0 Å². The van der Waals surface area contributed by atoms with Crippen molar-refractivity contribution in [2.24, 2.45) is 11.3 Å². The maximum absolute atomic E-state index is 10.6. The first-order chi connectivity index (χ1) is 14.7. The molecule has 0 spiro atoms. The number of aliphatic carboxylic acids is 1. The van der Waals surface area contributed by atoms with Crippen LogP contribution in [0.1, 0.15) is 16.4 Å². The van der Waals surface area contributed by atoms with Gasteiger partial charge in [0, 0.05) is 42.5 Å². The standard InChI is InChI=1S/C18H23N3O2S.C2HF3O2/c1-14-20-17(10-24-14)9-23-13-18-11-21(6-15(18)8-22-12-18)7-16-4-2-3-5-19-16;3-2(4,5)1(6)7/h2-5,10,15H,6-9,11-13H2,1H3;(H,6,7)/t15-,18+;/m1./s1. The predicted octanol–water partition coefficient (Wildman–Crippen LogP) is 3.15. The Morgan fingerprint density at radius 3 is 2.81 bits per heavy atom. The zero-order chi connectivity index (χ0) is 22.5. The fourth-order valence-corrected chi connectivity index (χ4v) is 4.42. The first kappa shape index (κ1) is 23.6. The maximum Gasteiger partial charge on any atom is 0.490 e. The highest BCUT2D eigenvalue weighted by molar-refractivity contribution is 7.09. The fraction of sp³-hybridized carbons (Fsp3) is 0.550. The predicted molar refractivity (Wildman–Crippen MR) is 106 cm³/mol. The van der Waals surface area contributed by atoms with Crippen molar-refractivity contribution in [2.75, 3.05) is 32.9 Å². The van der Waals surface area contributed by atoms with E-state index in [0.29, 0.717) is 12.5 Å². The molecule has 7 nitrogen and oxygen atoms in total. The molecule has 2 aliphatic heterocycles. The van der Waals surface area contributed by atoms with Crippen LogP contribution < -0.4 is 0 Å². The van der Waals surface area contributed by atoms with Gasteiger partial charge in [-0.05, 0) is 19.1 Å². The molecule has 0 aliphatic carbocycles. The summed E-state index contributed by atoms with van der Waals surface area (Å²) in [6, 6.07) is 6.11. The minimum absolute atomic E-state index is 0.125. The first-order valence-corrected chi connectivity index (χ1v) is 10.5. The molecule has 0 bridgehead atoms. The van der Waals surface area contributed by atoms with E-state index in [4.69, 9.17) is 19.4 Å². The lowest BCUT2D eigenvalue weighted by atomic mass is 9.82. The van der Waals surface area contributed by atoms with Crippen LogP contribution >= 0.6 is 11.3 Å². The molecule has 2 atom stereocenters. The number of thiazole rings is 1. The number of hydrogen-bond acceptors (Lipinski definition) is 7. The van der Waals surface area contributed by atoms with Crippen LogP contribution in [-0.4, -0.2) is 65.0 Å². The molecule has 4 rings (SSSR count). The summed E-state index contributed by atoms with van der Waals surface area (Å²) in [7, 11) is 0. The Morgan fingerprint density at radius 1 is 1.42 bits per heavy atom. The summed E-state index contributed by atoms with van der Waals surface area (Å²) in [6.07, 6.45) is -3.22. The smallest absolute Gasteiger partial charge is 0.475 e. The molecular weight excluding hydrogens is 435 g/mol. The van der Waals surface area contributed by atoms with Crippen LogP contribution in [-0.2, 0) is 27.4 Å². The Labute approximate surface area is 181 Å². The number of halogens is 3. The number of carboxylic acids is 1. The minimum atomic E-state index is -5.08. The Kier molecular flexibility index (Phi) is 7.63. The van der Waals surface area contributed by atoms with E-state index >= 15 is 0 Å². The SMILES string of the molecule is Cc1nc(COC[C@]23COC[C@H]2CN(Cc2ccccn2)C3)cs1.O=C(O)C(F)(F)F. The zero-order valence-electron chi connectivity index (χ0n) is 17.0. The molecule has 1 N–H and O–H groups in total. The summed E-state index contributed by atoms with van der Waals surface area (Å²) in [5.41, 5.74) is 2.29. The van der Waals surface area contributed by atoms with E-state index in [0.717, 1.165) is 55.9 Å². The molecule has 0 saturated carbocycles. The molecule has 0 unspecified atom stereocenters. The van der Waals surface area contributed by atoms with Gasteiger partial charge in [-0.15, -0.1) is 11.3 Å². The Hall–Kier alpha value is -2.08. The monoisotopic (exact) mass is 459 g/mol. The second-order valence-corrected chi connectivity index (χ2v) is 8.78. The molecule has 0 aromatic carbocycles. The van der Waals surface area contributed by atoms with Crippen molar-refractivity contribution >= 4 is 17.3 Å². The van der Waals surface area contributed by atoms with Gasteiger partial charge in [-0.25, -0.2) is 9.78 Å². The van der Waals surface area contributed by atoms with Crippen molar-refractivity contribution in [3.05, 3.63) is 46.2 Å². The van der Waals surface area contributed by atoms with E-state index in [2.05, 4.69) is 32.4 Å². The van der Waals surface area contributed by atoms with Crippen molar-refractivity contribution in [1.29, 1.82) is 0 Å². The Bertz CT molecular complexity index is 865. The van der Waals surface area contributed by atoms with Crippen molar-refractivity contribution in [1.82, 2.24) is 14.9 Å². The highest BCUT2D eigenvalue weighted by atomic mass is 32.1. The number of alkyl halides is 3. The number of nitrogens with zero attached hydrogens (tertiary/aromatic N) is 3. The normalized spacial score (nSPS) is 23.3. The number of carboxylic acid groups (broad SMARTS) is 1. The highest BCUT2D eigenvalue weighted by Crippen LogP contribution is 2.42. The molecule has 31 heavy (non-hydrogen) atoms. The highest BCUT2D eigenvalue weighted by Gasteiger charge is 2.50. The summed E-state index contributed by atoms with van der Waals surface area (Å²) >= 11 is 1.68. The van der Waals surface area contributed by atoms with Gasteiger partial charge in [-0.3, -0.25) is 9.88 Å².